The second kappa shape index (κ2) is 7.86. The van der Waals surface area contributed by atoms with Crippen molar-refractivity contribution in [3.05, 3.63) is 52.8 Å². The second-order valence-corrected chi connectivity index (χ2v) is 7.04. The van der Waals surface area contributed by atoms with Crippen LogP contribution in [0, 0.1) is 13.8 Å². The molecule has 3 rings (SSSR count). The van der Waals surface area contributed by atoms with Gasteiger partial charge in [0.05, 0.1) is 6.04 Å². The third-order valence-corrected chi connectivity index (χ3v) is 5.03. The Labute approximate surface area is 157 Å². The van der Waals surface area contributed by atoms with Gasteiger partial charge in [-0.25, -0.2) is 9.50 Å². The van der Waals surface area contributed by atoms with Gasteiger partial charge in [-0.3, -0.25) is 4.79 Å². The topological polar surface area (TPSA) is 72.2 Å². The molecule has 3 aromatic rings. The number of fused-ring (bicyclic) bond motifs is 1. The molecule has 2 heterocycles. The minimum Gasteiger partial charge on any atom is -0.350 e. The molecule has 0 fully saturated rings. The molecule has 0 spiro atoms. The summed E-state index contributed by atoms with van der Waals surface area (Å²) in [4.78, 5) is 21.3. The van der Waals surface area contributed by atoms with Crippen molar-refractivity contribution in [2.75, 3.05) is 6.26 Å². The Morgan fingerprint density at radius 3 is 2.65 bits per heavy atom. The van der Waals surface area contributed by atoms with Gasteiger partial charge in [-0.05, 0) is 44.6 Å². The van der Waals surface area contributed by atoms with Gasteiger partial charge < -0.3 is 5.32 Å². The van der Waals surface area contributed by atoms with Crippen LogP contribution in [0.15, 0.2) is 35.5 Å². The molecule has 0 saturated heterocycles. The third-order valence-electron chi connectivity index (χ3n) is 4.49. The Hall–Kier alpha value is -2.41. The predicted molar refractivity (Wildman–Crippen MR) is 103 cm³/mol. The molecule has 1 atom stereocenters. The lowest BCUT2D eigenvalue weighted by molar-refractivity contribution is -0.121. The number of amides is 1. The molecule has 136 valence electrons. The highest BCUT2D eigenvalue weighted by molar-refractivity contribution is 7.98. The molecule has 1 aromatic carbocycles. The normalized spacial score (nSPS) is 12.3. The van der Waals surface area contributed by atoms with Gasteiger partial charge in [0.15, 0.2) is 0 Å². The van der Waals surface area contributed by atoms with Crippen molar-refractivity contribution in [1.29, 1.82) is 0 Å². The first-order valence-electron chi connectivity index (χ1n) is 8.60. The zero-order chi connectivity index (χ0) is 18.7. The molecule has 0 aliphatic heterocycles. The fourth-order valence-electron chi connectivity index (χ4n) is 3.02. The summed E-state index contributed by atoms with van der Waals surface area (Å²) in [6.07, 6.45) is 2.98. The largest absolute Gasteiger partial charge is 0.350 e. The van der Waals surface area contributed by atoms with Crippen molar-refractivity contribution in [1.82, 2.24) is 24.9 Å². The van der Waals surface area contributed by atoms with Crippen molar-refractivity contribution < 1.29 is 4.79 Å². The van der Waals surface area contributed by atoms with Crippen LogP contribution in [0.3, 0.4) is 0 Å². The van der Waals surface area contributed by atoms with E-state index in [0.29, 0.717) is 23.8 Å². The van der Waals surface area contributed by atoms with Crippen LogP contribution in [0.2, 0.25) is 0 Å². The maximum atomic E-state index is 12.4. The maximum absolute atomic E-state index is 12.4. The molecule has 1 amide bonds. The molecule has 6 nitrogen and oxygen atoms in total. The first-order chi connectivity index (χ1) is 12.5. The molecule has 0 aliphatic rings. The number of rotatable bonds is 6. The van der Waals surface area contributed by atoms with Crippen LogP contribution < -0.4 is 5.32 Å². The highest BCUT2D eigenvalue weighted by atomic mass is 32.2. The fourth-order valence-corrected chi connectivity index (χ4v) is 3.35. The van der Waals surface area contributed by atoms with E-state index in [1.165, 1.54) is 11.8 Å². The molecular formula is C19H23N5OS. The standard InChI is InChI=1S/C19H23N5OS/c1-12(15-8-6-5-7-9-15)20-17(25)11-10-16-13(2)21-18-22-19(26-4)23-24(18)14(16)3/h5-9,12H,10-11H2,1-4H3,(H,20,25). The summed E-state index contributed by atoms with van der Waals surface area (Å²) < 4.78 is 1.76. The second-order valence-electron chi connectivity index (χ2n) is 6.27. The number of carbonyl (C=O) groups excluding carboxylic acids is 1. The molecule has 0 bridgehead atoms. The van der Waals surface area contributed by atoms with Gasteiger partial charge in [0, 0.05) is 17.8 Å². The Kier molecular flexibility index (Phi) is 5.56. The summed E-state index contributed by atoms with van der Waals surface area (Å²) in [5, 5.41) is 8.21. The molecule has 0 aliphatic carbocycles. The highest BCUT2D eigenvalue weighted by Gasteiger charge is 2.15. The predicted octanol–water partition coefficient (Wildman–Crippen LogP) is 3.27. The molecule has 7 heteroatoms. The fraction of sp³-hybridized carbons (Fsp3) is 0.368. The lowest BCUT2D eigenvalue weighted by Crippen LogP contribution is -2.27. The zero-order valence-electron chi connectivity index (χ0n) is 15.5. The van der Waals surface area contributed by atoms with E-state index >= 15 is 0 Å². The summed E-state index contributed by atoms with van der Waals surface area (Å²) >= 11 is 1.49. The maximum Gasteiger partial charge on any atom is 0.253 e. The van der Waals surface area contributed by atoms with Crippen LogP contribution in [0.1, 0.15) is 41.9 Å². The first kappa shape index (κ1) is 18.4. The van der Waals surface area contributed by atoms with Crippen LogP contribution in [-0.4, -0.2) is 31.7 Å². The zero-order valence-corrected chi connectivity index (χ0v) is 16.3. The van der Waals surface area contributed by atoms with Crippen LogP contribution >= 0.6 is 11.8 Å². The van der Waals surface area contributed by atoms with Crippen molar-refractivity contribution >= 4 is 23.4 Å². The van der Waals surface area contributed by atoms with E-state index in [1.54, 1.807) is 4.52 Å². The Morgan fingerprint density at radius 2 is 1.96 bits per heavy atom. The summed E-state index contributed by atoms with van der Waals surface area (Å²) in [6.45, 7) is 5.96. The van der Waals surface area contributed by atoms with Crippen molar-refractivity contribution in [3.63, 3.8) is 0 Å². The number of nitrogens with one attached hydrogen (secondary N) is 1. The van der Waals surface area contributed by atoms with Crippen LogP contribution in [0.4, 0.5) is 0 Å². The summed E-state index contributed by atoms with van der Waals surface area (Å²) in [6, 6.07) is 9.96. The summed E-state index contributed by atoms with van der Waals surface area (Å²) in [5.74, 6) is 0.638. The van der Waals surface area contributed by atoms with Crippen molar-refractivity contribution in [2.24, 2.45) is 0 Å². The van der Waals surface area contributed by atoms with E-state index in [0.717, 1.165) is 22.5 Å². The van der Waals surface area contributed by atoms with Crippen molar-refractivity contribution in [2.45, 2.75) is 44.8 Å². The SMILES string of the molecule is CSc1nc2nc(C)c(CCC(=O)NC(C)c3ccccc3)c(C)n2n1. The Bertz CT molecular complexity index is 923. The molecule has 2 aromatic heterocycles. The van der Waals surface area contributed by atoms with Gasteiger partial charge in [0.1, 0.15) is 0 Å². The average Bonchev–Trinajstić information content (AvgIpc) is 3.05. The van der Waals surface area contributed by atoms with Gasteiger partial charge in [-0.1, -0.05) is 42.1 Å². The third kappa shape index (κ3) is 3.88. The van der Waals surface area contributed by atoms with Gasteiger partial charge in [-0.2, -0.15) is 4.98 Å². The number of aryl methyl sites for hydroxylation is 2. The smallest absolute Gasteiger partial charge is 0.253 e. The van der Waals surface area contributed by atoms with E-state index in [9.17, 15) is 4.79 Å². The van der Waals surface area contributed by atoms with Crippen molar-refractivity contribution in [3.8, 4) is 0 Å². The molecule has 26 heavy (non-hydrogen) atoms. The summed E-state index contributed by atoms with van der Waals surface area (Å²) in [7, 11) is 0. The first-order valence-corrected chi connectivity index (χ1v) is 9.83. The van der Waals surface area contributed by atoms with E-state index in [4.69, 9.17) is 0 Å². The van der Waals surface area contributed by atoms with E-state index in [1.807, 2.05) is 57.4 Å². The number of nitrogens with zero attached hydrogens (tertiary/aromatic N) is 4. The Balaban J connectivity index is 1.70. The molecule has 1 unspecified atom stereocenters. The summed E-state index contributed by atoms with van der Waals surface area (Å²) in [5.41, 5.74) is 4.05. The highest BCUT2D eigenvalue weighted by Crippen LogP contribution is 2.18. The lowest BCUT2D eigenvalue weighted by Gasteiger charge is -2.15. The van der Waals surface area contributed by atoms with Gasteiger partial charge in [-0.15, -0.1) is 5.10 Å². The number of benzene rings is 1. The van der Waals surface area contributed by atoms with Gasteiger partial charge >= 0.3 is 0 Å². The number of hydrogen-bond acceptors (Lipinski definition) is 5. The number of hydrogen-bond donors (Lipinski definition) is 1. The molecule has 0 saturated carbocycles. The number of thioether (sulfide) groups is 1. The minimum atomic E-state index is -0.00838. The average molecular weight is 369 g/mol. The minimum absolute atomic E-state index is 0.00838. The lowest BCUT2D eigenvalue weighted by atomic mass is 10.1. The molecule has 0 radical (unpaired) electrons. The number of carbonyl (C=O) groups is 1. The van der Waals surface area contributed by atoms with E-state index in [-0.39, 0.29) is 11.9 Å². The number of aromatic nitrogens is 4. The van der Waals surface area contributed by atoms with E-state index < -0.39 is 0 Å². The monoisotopic (exact) mass is 369 g/mol. The Morgan fingerprint density at radius 1 is 1.23 bits per heavy atom. The quantitative estimate of drug-likeness (QED) is 0.675. The van der Waals surface area contributed by atoms with Crippen LogP contribution in [0.25, 0.3) is 5.78 Å². The molecular weight excluding hydrogens is 346 g/mol. The molecule has 1 N–H and O–H groups in total. The van der Waals surface area contributed by atoms with E-state index in [2.05, 4.69) is 20.4 Å². The van der Waals surface area contributed by atoms with Crippen LogP contribution in [-0.2, 0) is 11.2 Å². The van der Waals surface area contributed by atoms with Gasteiger partial charge in [0.2, 0.25) is 11.1 Å². The van der Waals surface area contributed by atoms with Gasteiger partial charge in [0.25, 0.3) is 5.78 Å². The van der Waals surface area contributed by atoms with Crippen LogP contribution in [0.5, 0.6) is 0 Å².